The fourth-order valence-electron chi connectivity index (χ4n) is 1.72. The van der Waals surface area contributed by atoms with E-state index in [4.69, 9.17) is 5.11 Å². The summed E-state index contributed by atoms with van der Waals surface area (Å²) >= 11 is 0. The number of carboxylic acids is 1. The highest BCUT2D eigenvalue weighted by Crippen LogP contribution is 2.11. The van der Waals surface area contributed by atoms with Crippen LogP contribution >= 0.6 is 0 Å². The van der Waals surface area contributed by atoms with Crippen LogP contribution in [0.5, 0.6) is 0 Å². The predicted octanol–water partition coefficient (Wildman–Crippen LogP) is 1.35. The Labute approximate surface area is 122 Å². The smallest absolute Gasteiger partial charge is 0.337 e. The van der Waals surface area contributed by atoms with Gasteiger partial charge >= 0.3 is 5.97 Å². The second-order valence-electron chi connectivity index (χ2n) is 5.37. The van der Waals surface area contributed by atoms with Gasteiger partial charge in [-0.15, -0.1) is 0 Å². The Hall–Kier alpha value is -1.95. The molecule has 2 unspecified atom stereocenters. The van der Waals surface area contributed by atoms with Gasteiger partial charge in [-0.3, -0.25) is 4.79 Å². The predicted molar refractivity (Wildman–Crippen MR) is 75.2 cm³/mol. The van der Waals surface area contributed by atoms with Crippen molar-refractivity contribution in [1.82, 2.24) is 5.32 Å². The van der Waals surface area contributed by atoms with Gasteiger partial charge in [-0.25, -0.2) is 9.18 Å². The lowest BCUT2D eigenvalue weighted by atomic mass is 9.99. The molecule has 116 valence electrons. The van der Waals surface area contributed by atoms with E-state index in [0.29, 0.717) is 12.8 Å². The molecule has 0 saturated carbocycles. The molecule has 0 aromatic heterocycles. The number of hydrogen-bond donors (Lipinski definition) is 3. The third kappa shape index (κ3) is 5.51. The summed E-state index contributed by atoms with van der Waals surface area (Å²) in [4.78, 5) is 22.5. The largest absolute Gasteiger partial charge is 0.479 e. The number of carbonyl (C=O) groups is 2. The van der Waals surface area contributed by atoms with Crippen molar-refractivity contribution < 1.29 is 24.2 Å². The van der Waals surface area contributed by atoms with Gasteiger partial charge in [-0.05, 0) is 37.5 Å². The van der Waals surface area contributed by atoms with Crippen LogP contribution in [0.2, 0.25) is 0 Å². The van der Waals surface area contributed by atoms with E-state index in [1.54, 1.807) is 19.1 Å². The monoisotopic (exact) mass is 297 g/mol. The van der Waals surface area contributed by atoms with E-state index in [2.05, 4.69) is 5.32 Å². The lowest BCUT2D eigenvalue weighted by Gasteiger charge is -2.20. The first-order valence-corrected chi connectivity index (χ1v) is 6.70. The average Bonchev–Trinajstić information content (AvgIpc) is 2.42. The first-order valence-electron chi connectivity index (χ1n) is 6.70. The van der Waals surface area contributed by atoms with Crippen LogP contribution in [-0.2, 0) is 16.0 Å². The summed E-state index contributed by atoms with van der Waals surface area (Å²) < 4.78 is 13.0. The normalized spacial score (nSPS) is 15.0. The maximum absolute atomic E-state index is 13.0. The van der Waals surface area contributed by atoms with E-state index in [1.807, 2.05) is 0 Å². The molecule has 1 aromatic rings. The van der Waals surface area contributed by atoms with Crippen molar-refractivity contribution in [3.8, 4) is 0 Å². The van der Waals surface area contributed by atoms with Crippen molar-refractivity contribution in [2.45, 2.75) is 32.3 Å². The van der Waals surface area contributed by atoms with Gasteiger partial charge < -0.3 is 15.5 Å². The molecule has 0 bridgehead atoms. The molecule has 0 aliphatic rings. The number of benzene rings is 1. The summed E-state index contributed by atoms with van der Waals surface area (Å²) in [6, 6.07) is 6.16. The summed E-state index contributed by atoms with van der Waals surface area (Å²) in [5, 5.41) is 20.6. The molecule has 0 saturated heterocycles. The molecule has 3 N–H and O–H groups in total. The van der Waals surface area contributed by atoms with E-state index in [9.17, 15) is 19.1 Å². The average molecular weight is 297 g/mol. The molecule has 21 heavy (non-hydrogen) atoms. The fourth-order valence-corrected chi connectivity index (χ4v) is 1.72. The standard InChI is InChI=1S/C15H20FNO4/c1-10(6-7-11-4-3-5-12(16)8-11)13(18)17-9-15(2,21)14(19)20/h3-5,8,10,21H,6-7,9H2,1-2H3,(H,17,18)(H,19,20). The maximum atomic E-state index is 13.0. The minimum atomic E-state index is -1.99. The number of nitrogens with one attached hydrogen (secondary N) is 1. The zero-order valence-corrected chi connectivity index (χ0v) is 12.1. The van der Waals surface area contributed by atoms with Crippen molar-refractivity contribution >= 4 is 11.9 Å². The summed E-state index contributed by atoms with van der Waals surface area (Å²) in [6.07, 6.45) is 1.05. The van der Waals surface area contributed by atoms with E-state index in [0.717, 1.165) is 12.5 Å². The van der Waals surface area contributed by atoms with Crippen LogP contribution in [0.15, 0.2) is 24.3 Å². The molecule has 5 nitrogen and oxygen atoms in total. The van der Waals surface area contributed by atoms with Gasteiger partial charge in [-0.2, -0.15) is 0 Å². The Morgan fingerprint density at radius 1 is 1.43 bits per heavy atom. The van der Waals surface area contributed by atoms with Crippen molar-refractivity contribution in [1.29, 1.82) is 0 Å². The number of aliphatic hydroxyl groups is 1. The Bertz CT molecular complexity index is 516. The summed E-state index contributed by atoms with van der Waals surface area (Å²) in [6.45, 7) is 2.46. The number of amides is 1. The van der Waals surface area contributed by atoms with Gasteiger partial charge in [0.15, 0.2) is 5.60 Å². The number of carbonyl (C=O) groups excluding carboxylic acids is 1. The Morgan fingerprint density at radius 2 is 2.10 bits per heavy atom. The highest BCUT2D eigenvalue weighted by atomic mass is 19.1. The molecule has 0 heterocycles. The van der Waals surface area contributed by atoms with E-state index < -0.39 is 11.6 Å². The zero-order valence-electron chi connectivity index (χ0n) is 12.1. The van der Waals surface area contributed by atoms with Gasteiger partial charge in [-0.1, -0.05) is 19.1 Å². The molecule has 0 fully saturated rings. The number of carboxylic acid groups (broad SMARTS) is 1. The molecule has 1 rings (SSSR count). The van der Waals surface area contributed by atoms with E-state index in [1.165, 1.54) is 12.1 Å². The molecule has 6 heteroatoms. The molecule has 0 radical (unpaired) electrons. The first-order chi connectivity index (χ1) is 9.72. The topological polar surface area (TPSA) is 86.6 Å². The van der Waals surface area contributed by atoms with Gasteiger partial charge in [0.2, 0.25) is 5.91 Å². The van der Waals surface area contributed by atoms with Crippen LogP contribution in [-0.4, -0.2) is 34.2 Å². The van der Waals surface area contributed by atoms with E-state index in [-0.39, 0.29) is 24.2 Å². The third-order valence-corrected chi connectivity index (χ3v) is 3.27. The maximum Gasteiger partial charge on any atom is 0.337 e. The van der Waals surface area contributed by atoms with Gasteiger partial charge in [0.1, 0.15) is 5.82 Å². The van der Waals surface area contributed by atoms with Gasteiger partial charge in [0, 0.05) is 5.92 Å². The first kappa shape index (κ1) is 17.1. The SMILES string of the molecule is CC(CCc1cccc(F)c1)C(=O)NCC(C)(O)C(=O)O. The zero-order chi connectivity index (χ0) is 16.0. The molecule has 2 atom stereocenters. The number of rotatable bonds is 7. The number of aryl methyl sites for hydroxylation is 1. The minimum absolute atomic E-state index is 0.317. The Morgan fingerprint density at radius 3 is 2.67 bits per heavy atom. The van der Waals surface area contributed by atoms with Gasteiger partial charge in [0.25, 0.3) is 0 Å². The quantitative estimate of drug-likeness (QED) is 0.709. The summed E-state index contributed by atoms with van der Waals surface area (Å²) in [5.74, 6) is -2.41. The van der Waals surface area contributed by atoms with Crippen LogP contribution in [0, 0.1) is 11.7 Å². The molecule has 1 amide bonds. The van der Waals surface area contributed by atoms with Crippen LogP contribution in [0.3, 0.4) is 0 Å². The Balaban J connectivity index is 2.43. The molecule has 0 spiro atoms. The lowest BCUT2D eigenvalue weighted by Crippen LogP contribution is -2.47. The number of hydrogen-bond acceptors (Lipinski definition) is 3. The molecule has 0 aliphatic carbocycles. The second kappa shape index (κ2) is 7.17. The van der Waals surface area contributed by atoms with Crippen molar-refractivity contribution in [2.75, 3.05) is 6.54 Å². The van der Waals surface area contributed by atoms with Crippen molar-refractivity contribution in [3.63, 3.8) is 0 Å². The van der Waals surface area contributed by atoms with Gasteiger partial charge in [0.05, 0.1) is 6.54 Å². The summed E-state index contributed by atoms with van der Waals surface area (Å²) in [7, 11) is 0. The minimum Gasteiger partial charge on any atom is -0.479 e. The Kier molecular flexibility index (Phi) is 5.84. The van der Waals surface area contributed by atoms with Crippen LogP contribution in [0.1, 0.15) is 25.8 Å². The molecular formula is C15H20FNO4. The third-order valence-electron chi connectivity index (χ3n) is 3.27. The molecule has 1 aromatic carbocycles. The number of aliphatic carboxylic acids is 1. The molecule has 0 aliphatic heterocycles. The highest BCUT2D eigenvalue weighted by molar-refractivity contribution is 5.81. The fraction of sp³-hybridized carbons (Fsp3) is 0.467. The van der Waals surface area contributed by atoms with Crippen molar-refractivity contribution in [3.05, 3.63) is 35.6 Å². The number of halogens is 1. The second-order valence-corrected chi connectivity index (χ2v) is 5.37. The van der Waals surface area contributed by atoms with Crippen molar-refractivity contribution in [2.24, 2.45) is 5.92 Å². The van der Waals surface area contributed by atoms with Crippen LogP contribution < -0.4 is 5.32 Å². The van der Waals surface area contributed by atoms with Crippen LogP contribution in [0.25, 0.3) is 0 Å². The lowest BCUT2D eigenvalue weighted by molar-refractivity contribution is -0.156. The molecular weight excluding hydrogens is 277 g/mol. The van der Waals surface area contributed by atoms with Crippen LogP contribution in [0.4, 0.5) is 4.39 Å². The van der Waals surface area contributed by atoms with E-state index >= 15 is 0 Å². The summed E-state index contributed by atoms with van der Waals surface area (Å²) in [5.41, 5.74) is -1.19. The highest BCUT2D eigenvalue weighted by Gasteiger charge is 2.30.